The minimum atomic E-state index is -5.31. The number of pyridine rings is 1. The lowest BCUT2D eigenvalue weighted by molar-refractivity contribution is -0.142. The minimum Gasteiger partial charge on any atom is -0.478 e. The number of halogens is 5. The Morgan fingerprint density at radius 1 is 1.20 bits per heavy atom. The normalized spacial score (nSPS) is 11.6. The summed E-state index contributed by atoms with van der Waals surface area (Å²) in [5, 5.41) is 9.25. The van der Waals surface area contributed by atoms with Gasteiger partial charge in [-0.3, -0.25) is 0 Å². The van der Waals surface area contributed by atoms with Crippen molar-refractivity contribution < 1.29 is 41.4 Å². The van der Waals surface area contributed by atoms with Crippen molar-refractivity contribution in [1.29, 1.82) is 0 Å². The average molecular weight is 370 g/mol. The van der Waals surface area contributed by atoms with E-state index < -0.39 is 52.7 Å². The number of aromatic carboxylic acids is 1. The van der Waals surface area contributed by atoms with Crippen LogP contribution in [-0.2, 0) is 10.9 Å². The van der Waals surface area contributed by atoms with Gasteiger partial charge >= 0.3 is 18.1 Å². The first kappa shape index (κ1) is 20.6. The highest BCUT2D eigenvalue weighted by Gasteiger charge is 2.43. The Morgan fingerprint density at radius 3 is 2.04 bits per heavy atom. The Kier molecular flexibility index (Phi) is 6.27. The fourth-order valence-corrected chi connectivity index (χ4v) is 2.32. The van der Waals surface area contributed by atoms with E-state index in [-0.39, 0.29) is 13.1 Å². The van der Waals surface area contributed by atoms with Crippen LogP contribution in [0.25, 0.3) is 0 Å². The van der Waals surface area contributed by atoms with Gasteiger partial charge in [0.25, 0.3) is 6.43 Å². The highest BCUT2D eigenvalue weighted by atomic mass is 19.4. The molecule has 0 bridgehead atoms. The SMILES string of the molecule is CCN(CC)c1c(C(=O)OC)c(C(F)F)nc(C(F)(F)F)c1C(=O)O. The number of hydrogen-bond donors (Lipinski definition) is 1. The molecule has 0 spiro atoms. The lowest BCUT2D eigenvalue weighted by atomic mass is 10.0. The molecule has 0 aliphatic rings. The Bertz CT molecular complexity index is 672. The maximum absolute atomic E-state index is 13.3. The van der Waals surface area contributed by atoms with Crippen molar-refractivity contribution in [3.05, 3.63) is 22.5 Å². The van der Waals surface area contributed by atoms with Gasteiger partial charge in [-0.25, -0.2) is 23.4 Å². The quantitative estimate of drug-likeness (QED) is 0.611. The summed E-state index contributed by atoms with van der Waals surface area (Å²) in [6.07, 6.45) is -8.86. The smallest absolute Gasteiger partial charge is 0.434 e. The summed E-state index contributed by atoms with van der Waals surface area (Å²) >= 11 is 0. The zero-order chi connectivity index (χ0) is 19.5. The van der Waals surface area contributed by atoms with Crippen LogP contribution in [0.2, 0.25) is 0 Å². The van der Waals surface area contributed by atoms with Crippen molar-refractivity contribution in [2.24, 2.45) is 0 Å². The third kappa shape index (κ3) is 3.97. The third-order valence-electron chi connectivity index (χ3n) is 3.36. The van der Waals surface area contributed by atoms with Crippen molar-refractivity contribution in [2.45, 2.75) is 26.4 Å². The van der Waals surface area contributed by atoms with Gasteiger partial charge < -0.3 is 14.7 Å². The lowest BCUT2D eigenvalue weighted by Crippen LogP contribution is -2.31. The number of aromatic nitrogens is 1. The van der Waals surface area contributed by atoms with Crippen LogP contribution in [0.4, 0.5) is 27.6 Å². The van der Waals surface area contributed by atoms with E-state index in [2.05, 4.69) is 9.72 Å². The highest BCUT2D eigenvalue weighted by molar-refractivity contribution is 6.05. The monoisotopic (exact) mass is 370 g/mol. The topological polar surface area (TPSA) is 79.7 Å². The second-order valence-corrected chi connectivity index (χ2v) is 4.71. The van der Waals surface area contributed by atoms with Crippen LogP contribution in [-0.4, -0.2) is 42.2 Å². The summed E-state index contributed by atoms with van der Waals surface area (Å²) in [4.78, 5) is 27.2. The van der Waals surface area contributed by atoms with E-state index in [9.17, 15) is 36.6 Å². The van der Waals surface area contributed by atoms with E-state index in [0.717, 1.165) is 12.0 Å². The number of carboxylic acids is 1. The number of carbonyl (C=O) groups excluding carboxylic acids is 1. The maximum atomic E-state index is 13.3. The number of esters is 1. The Labute approximate surface area is 139 Å². The fourth-order valence-electron chi connectivity index (χ4n) is 2.32. The molecule has 1 rings (SSSR count). The van der Waals surface area contributed by atoms with E-state index >= 15 is 0 Å². The molecule has 1 N–H and O–H groups in total. The number of alkyl halides is 5. The summed E-state index contributed by atoms with van der Waals surface area (Å²) in [7, 11) is 0.835. The highest BCUT2D eigenvalue weighted by Crippen LogP contribution is 2.40. The molecule has 0 aromatic carbocycles. The molecule has 0 saturated carbocycles. The molecule has 0 saturated heterocycles. The molecule has 0 aliphatic heterocycles. The molecule has 0 atom stereocenters. The molecule has 0 amide bonds. The fraction of sp³-hybridized carbons (Fsp3) is 0.500. The summed E-state index contributed by atoms with van der Waals surface area (Å²) in [5.74, 6) is -3.45. The Morgan fingerprint density at radius 2 is 1.72 bits per heavy atom. The minimum absolute atomic E-state index is 0.0369. The number of methoxy groups -OCH3 is 1. The van der Waals surface area contributed by atoms with Crippen molar-refractivity contribution >= 4 is 17.6 Å². The van der Waals surface area contributed by atoms with Gasteiger partial charge in [-0.1, -0.05) is 0 Å². The second-order valence-electron chi connectivity index (χ2n) is 4.71. The Balaban J connectivity index is 4.15. The average Bonchev–Trinajstić information content (AvgIpc) is 2.52. The van der Waals surface area contributed by atoms with Crippen LogP contribution in [0.5, 0.6) is 0 Å². The van der Waals surface area contributed by atoms with E-state index in [1.165, 1.54) is 13.8 Å². The molecule has 0 unspecified atom stereocenters. The predicted molar refractivity (Wildman–Crippen MR) is 76.1 cm³/mol. The summed E-state index contributed by atoms with van der Waals surface area (Å²) in [5.41, 5.74) is -6.63. The molecule has 0 aliphatic carbocycles. The van der Waals surface area contributed by atoms with Gasteiger partial charge in [-0.05, 0) is 13.8 Å². The zero-order valence-corrected chi connectivity index (χ0v) is 13.4. The van der Waals surface area contributed by atoms with Crippen molar-refractivity contribution in [3.8, 4) is 0 Å². The second kappa shape index (κ2) is 7.62. The standard InChI is InChI=1S/C14H15F5N2O4/c1-4-21(5-2)9-6(13(24)25-3)8(11(15)16)20-10(14(17,18)19)7(9)12(22)23/h11H,4-5H2,1-3H3,(H,22,23). The summed E-state index contributed by atoms with van der Waals surface area (Å²) in [6, 6.07) is 0. The van der Waals surface area contributed by atoms with Gasteiger partial charge in [0.2, 0.25) is 0 Å². The first-order valence-electron chi connectivity index (χ1n) is 7.00. The largest absolute Gasteiger partial charge is 0.478 e. The van der Waals surface area contributed by atoms with Crippen LogP contribution in [0.15, 0.2) is 0 Å². The first-order valence-corrected chi connectivity index (χ1v) is 7.00. The molecule has 0 fully saturated rings. The number of anilines is 1. The third-order valence-corrected chi connectivity index (χ3v) is 3.36. The zero-order valence-electron chi connectivity index (χ0n) is 13.4. The van der Waals surface area contributed by atoms with Crippen LogP contribution in [0.3, 0.4) is 0 Å². The number of hydrogen-bond acceptors (Lipinski definition) is 5. The number of carbonyl (C=O) groups is 2. The Hall–Kier alpha value is -2.46. The van der Waals surface area contributed by atoms with E-state index in [1.807, 2.05) is 0 Å². The van der Waals surface area contributed by atoms with Gasteiger partial charge in [0.15, 0.2) is 5.69 Å². The van der Waals surface area contributed by atoms with Crippen LogP contribution >= 0.6 is 0 Å². The predicted octanol–water partition coefficient (Wildman–Crippen LogP) is 3.37. The molecule has 0 radical (unpaired) electrons. The van der Waals surface area contributed by atoms with Gasteiger partial charge in [-0.2, -0.15) is 13.2 Å². The molecule has 11 heteroatoms. The molecule has 25 heavy (non-hydrogen) atoms. The molecule has 1 aromatic heterocycles. The van der Waals surface area contributed by atoms with Gasteiger partial charge in [0.1, 0.15) is 16.8 Å². The molecule has 140 valence electrons. The molecule has 6 nitrogen and oxygen atoms in total. The van der Waals surface area contributed by atoms with Gasteiger partial charge in [0, 0.05) is 13.1 Å². The van der Waals surface area contributed by atoms with Crippen LogP contribution in [0, 0.1) is 0 Å². The lowest BCUT2D eigenvalue weighted by Gasteiger charge is -2.28. The van der Waals surface area contributed by atoms with Crippen molar-refractivity contribution in [1.82, 2.24) is 4.98 Å². The van der Waals surface area contributed by atoms with Crippen molar-refractivity contribution in [3.63, 3.8) is 0 Å². The summed E-state index contributed by atoms with van der Waals surface area (Å²) < 4.78 is 70.5. The van der Waals surface area contributed by atoms with E-state index in [4.69, 9.17) is 0 Å². The van der Waals surface area contributed by atoms with E-state index in [1.54, 1.807) is 0 Å². The molecular formula is C14H15F5N2O4. The molecule has 1 aromatic rings. The molecule has 1 heterocycles. The van der Waals surface area contributed by atoms with Crippen molar-refractivity contribution in [2.75, 3.05) is 25.1 Å². The number of carboxylic acid groups (broad SMARTS) is 1. The maximum Gasteiger partial charge on any atom is 0.434 e. The number of ether oxygens (including phenoxy) is 1. The number of nitrogens with zero attached hydrogens (tertiary/aromatic N) is 2. The van der Waals surface area contributed by atoms with E-state index in [0.29, 0.717) is 0 Å². The van der Waals surface area contributed by atoms with Gasteiger partial charge in [-0.15, -0.1) is 0 Å². The first-order chi connectivity index (χ1) is 11.5. The number of rotatable bonds is 6. The summed E-state index contributed by atoms with van der Waals surface area (Å²) in [6.45, 7) is 2.85. The van der Waals surface area contributed by atoms with Crippen LogP contribution < -0.4 is 4.90 Å². The molecular weight excluding hydrogens is 355 g/mol. The van der Waals surface area contributed by atoms with Gasteiger partial charge in [0.05, 0.1) is 12.8 Å². The van der Waals surface area contributed by atoms with Crippen LogP contribution in [0.1, 0.15) is 52.4 Å².